The van der Waals surface area contributed by atoms with E-state index >= 15 is 0 Å². The van der Waals surface area contributed by atoms with Gasteiger partial charge in [0.1, 0.15) is 0 Å². The van der Waals surface area contributed by atoms with E-state index in [-0.39, 0.29) is 5.92 Å². The van der Waals surface area contributed by atoms with Crippen LogP contribution in [0.2, 0.25) is 0 Å². The van der Waals surface area contributed by atoms with Gasteiger partial charge in [0, 0.05) is 38.4 Å². The number of aryl methyl sites for hydroxylation is 4. The van der Waals surface area contributed by atoms with E-state index in [1.807, 2.05) is 0 Å². The molecule has 8 rings (SSSR count). The Kier molecular flexibility index (Phi) is 7.26. The Labute approximate surface area is 288 Å². The number of nitrogens with zero attached hydrogens (tertiary/aromatic N) is 2. The van der Waals surface area contributed by atoms with Crippen LogP contribution in [0, 0.1) is 13.8 Å². The zero-order valence-corrected chi connectivity index (χ0v) is 30.6. The van der Waals surface area contributed by atoms with Gasteiger partial charge < -0.3 is 15.0 Å². The van der Waals surface area contributed by atoms with Gasteiger partial charge in [-0.25, -0.2) is 9.97 Å². The van der Waals surface area contributed by atoms with Crippen LogP contribution in [-0.4, -0.2) is 24.9 Å². The molecule has 10 bridgehead atoms. The summed E-state index contributed by atoms with van der Waals surface area (Å²) in [4.78, 5) is 22.4. The maximum atomic E-state index is 5.51. The molecule has 7 aromatic rings. The second-order valence-corrected chi connectivity index (χ2v) is 14.7. The third-order valence-corrected chi connectivity index (χ3v) is 11.3. The molecule has 0 saturated heterocycles. The molecule has 0 unspecified atom stereocenters. The topological polar surface area (TPSA) is 73.2 Å². The Morgan fingerprint density at radius 2 is 1.10 bits per heavy atom. The van der Waals surface area contributed by atoms with Gasteiger partial charge >= 0.3 is 0 Å². The molecule has 1 aliphatic heterocycles. The molecule has 3 N–H and O–H groups in total. The number of rotatable bonds is 4. The first-order valence-corrected chi connectivity index (χ1v) is 18.0. The number of benzene rings is 2. The minimum atomic E-state index is 0.277. The Morgan fingerprint density at radius 1 is 0.571 bits per heavy atom. The van der Waals surface area contributed by atoms with E-state index in [4.69, 9.17) is 9.97 Å². The van der Waals surface area contributed by atoms with E-state index in [1.165, 1.54) is 71.6 Å². The van der Waals surface area contributed by atoms with Crippen LogP contribution in [0.1, 0.15) is 112 Å². The fraction of sp³-hybridized carbons (Fsp3) is 0.318. The van der Waals surface area contributed by atoms with E-state index in [0.29, 0.717) is 5.92 Å². The van der Waals surface area contributed by atoms with Gasteiger partial charge in [0.15, 0.2) is 0 Å². The lowest BCUT2D eigenvalue weighted by Gasteiger charge is -2.10. The predicted octanol–water partition coefficient (Wildman–Crippen LogP) is 12.3. The van der Waals surface area contributed by atoms with Gasteiger partial charge in [0.25, 0.3) is 0 Å². The lowest BCUT2D eigenvalue weighted by Crippen LogP contribution is -1.89. The highest BCUT2D eigenvalue weighted by Gasteiger charge is 2.24. The first-order chi connectivity index (χ1) is 23.5. The molecule has 0 fully saturated rings. The van der Waals surface area contributed by atoms with Crippen molar-refractivity contribution in [2.45, 2.75) is 93.9 Å². The molecule has 0 radical (unpaired) electrons. The largest absolute Gasteiger partial charge is 0.355 e. The summed E-state index contributed by atoms with van der Waals surface area (Å²) < 4.78 is 0. The highest BCUT2D eigenvalue weighted by molar-refractivity contribution is 6.28. The molecule has 6 heterocycles. The fourth-order valence-corrected chi connectivity index (χ4v) is 8.48. The number of hydrogen-bond acceptors (Lipinski definition) is 2. The molecular weight excluding hydrogens is 599 g/mol. The van der Waals surface area contributed by atoms with E-state index in [1.54, 1.807) is 0 Å². The average molecular weight is 646 g/mol. The number of fused-ring (bicyclic) bond motifs is 11. The normalized spacial score (nSPS) is 13.1. The van der Waals surface area contributed by atoms with Crippen LogP contribution in [0.25, 0.3) is 76.8 Å². The lowest BCUT2D eigenvalue weighted by molar-refractivity contribution is 0.885. The van der Waals surface area contributed by atoms with Crippen molar-refractivity contribution >= 4 is 76.8 Å². The number of aromatic amines is 3. The van der Waals surface area contributed by atoms with Crippen LogP contribution < -0.4 is 0 Å². The molecule has 0 amide bonds. The van der Waals surface area contributed by atoms with Crippen molar-refractivity contribution in [3.63, 3.8) is 0 Å². The summed E-state index contributed by atoms with van der Waals surface area (Å²) in [5.41, 5.74) is 21.2. The van der Waals surface area contributed by atoms with Crippen molar-refractivity contribution in [3.05, 3.63) is 93.3 Å². The van der Waals surface area contributed by atoms with Crippen LogP contribution in [0.3, 0.4) is 0 Å². The minimum Gasteiger partial charge on any atom is -0.355 e. The van der Waals surface area contributed by atoms with Gasteiger partial charge in [-0.2, -0.15) is 0 Å². The van der Waals surface area contributed by atoms with Crippen LogP contribution in [0.15, 0.2) is 48.5 Å². The number of nitrogens with one attached hydrogen (secondary N) is 3. The maximum absolute atomic E-state index is 5.51. The van der Waals surface area contributed by atoms with Crippen LogP contribution in [-0.2, 0) is 12.8 Å². The first-order valence-electron chi connectivity index (χ1n) is 18.0. The molecular formula is C44H47N5. The third-order valence-electron chi connectivity index (χ3n) is 11.3. The Morgan fingerprint density at radius 3 is 1.69 bits per heavy atom. The van der Waals surface area contributed by atoms with Gasteiger partial charge in [-0.05, 0) is 132 Å². The van der Waals surface area contributed by atoms with Crippen molar-refractivity contribution < 1.29 is 0 Å². The Hall–Kier alpha value is -4.90. The van der Waals surface area contributed by atoms with Crippen LogP contribution in [0.5, 0.6) is 0 Å². The highest BCUT2D eigenvalue weighted by Crippen LogP contribution is 2.44. The zero-order chi connectivity index (χ0) is 34.5. The smallest absolute Gasteiger partial charge is 0.0960 e. The van der Waals surface area contributed by atoms with Gasteiger partial charge in [0.2, 0.25) is 0 Å². The predicted molar refractivity (Wildman–Crippen MR) is 211 cm³/mol. The molecule has 5 aromatic heterocycles. The van der Waals surface area contributed by atoms with Crippen molar-refractivity contribution in [2.75, 3.05) is 0 Å². The van der Waals surface area contributed by atoms with Crippen molar-refractivity contribution in [1.29, 1.82) is 0 Å². The van der Waals surface area contributed by atoms with Crippen molar-refractivity contribution in [2.24, 2.45) is 0 Å². The first kappa shape index (κ1) is 31.4. The van der Waals surface area contributed by atoms with Crippen molar-refractivity contribution in [1.82, 2.24) is 24.9 Å². The summed E-state index contributed by atoms with van der Waals surface area (Å²) in [5, 5.41) is 5.07. The molecule has 5 nitrogen and oxygen atoms in total. The quantitative estimate of drug-likeness (QED) is 0.178. The third kappa shape index (κ3) is 4.58. The van der Waals surface area contributed by atoms with E-state index in [0.717, 1.165) is 62.8 Å². The van der Waals surface area contributed by atoms with Gasteiger partial charge in [0.05, 0.1) is 27.9 Å². The van der Waals surface area contributed by atoms with Crippen LogP contribution in [0.4, 0.5) is 0 Å². The molecule has 49 heavy (non-hydrogen) atoms. The van der Waals surface area contributed by atoms with Crippen molar-refractivity contribution in [3.8, 4) is 0 Å². The van der Waals surface area contributed by atoms with Gasteiger partial charge in [-0.15, -0.1) is 0 Å². The molecule has 248 valence electrons. The highest BCUT2D eigenvalue weighted by atomic mass is 14.8. The summed E-state index contributed by atoms with van der Waals surface area (Å²) in [5.74, 6) is 0.580. The minimum absolute atomic E-state index is 0.277. The summed E-state index contributed by atoms with van der Waals surface area (Å²) in [6, 6.07) is 18.1. The summed E-state index contributed by atoms with van der Waals surface area (Å²) >= 11 is 0. The monoisotopic (exact) mass is 645 g/mol. The molecule has 0 spiro atoms. The number of hydrogen-bond donors (Lipinski definition) is 3. The van der Waals surface area contributed by atoms with Crippen LogP contribution >= 0.6 is 0 Å². The SMILES string of the molecule is CCc1c(CC)c2cc3[nH]c(cc4[nH]c5c6nc(cc7nc(cc1[nH]2)C(C)=C7C)c(C(C)C)c6c1ccccc1c5c4C(C)C)c(C)c3C. The van der Waals surface area contributed by atoms with E-state index in [2.05, 4.69) is 133 Å². The number of allylic oxidation sites excluding steroid dienone is 2. The molecule has 0 aliphatic carbocycles. The zero-order valence-electron chi connectivity index (χ0n) is 30.6. The lowest BCUT2D eigenvalue weighted by atomic mass is 9.91. The van der Waals surface area contributed by atoms with Gasteiger partial charge in [-0.3, -0.25) is 0 Å². The fourth-order valence-electron chi connectivity index (χ4n) is 8.48. The summed E-state index contributed by atoms with van der Waals surface area (Å²) in [6.45, 7) is 22.6. The van der Waals surface area contributed by atoms with E-state index in [9.17, 15) is 0 Å². The average Bonchev–Trinajstić information content (AvgIpc) is 3.85. The summed E-state index contributed by atoms with van der Waals surface area (Å²) in [7, 11) is 0. The number of H-pyrrole nitrogens is 3. The molecule has 1 aliphatic rings. The molecule has 0 atom stereocenters. The summed E-state index contributed by atoms with van der Waals surface area (Å²) in [6.07, 6.45) is 1.91. The maximum Gasteiger partial charge on any atom is 0.0960 e. The molecule has 5 heteroatoms. The second kappa shape index (κ2) is 11.3. The Bertz CT molecular complexity index is 2670. The second-order valence-electron chi connectivity index (χ2n) is 14.7. The van der Waals surface area contributed by atoms with Gasteiger partial charge in [-0.1, -0.05) is 65.8 Å². The van der Waals surface area contributed by atoms with E-state index < -0.39 is 0 Å². The standard InChI is InChI=1S/C44H47N5/c1-11-27-28(12-2)36-18-32-24(8)26(10)34(46-32)20-38-40(22(5)6)42-30-16-14-13-15-29(30)41-39(21(3)4)37(48-43(41)44(42)49-38)19-33-25(9)23(7)31(45-33)17-35(27)47-36/h13-22,45,47-48H,11-12H2,1-10H3. The molecule has 0 saturated carbocycles. The number of aromatic nitrogens is 5. The molecule has 2 aromatic carbocycles. The Balaban J connectivity index is 1.67.